The Kier molecular flexibility index (Phi) is 16.6. The Morgan fingerprint density at radius 1 is 0.800 bits per heavy atom. The molecule has 0 unspecified atom stereocenters. The lowest BCUT2D eigenvalue weighted by atomic mass is 10.1. The van der Waals surface area contributed by atoms with Crippen molar-refractivity contribution in [1.82, 2.24) is 0 Å². The molecule has 0 spiro atoms. The van der Waals surface area contributed by atoms with Crippen molar-refractivity contribution in [2.45, 2.75) is 112 Å². The number of ether oxygens (including phenoxy) is 3. The van der Waals surface area contributed by atoms with Crippen LogP contribution in [0.5, 0.6) is 17.2 Å². The van der Waals surface area contributed by atoms with E-state index in [9.17, 15) is 4.79 Å². The molecule has 1 aromatic heterocycles. The third-order valence-electron chi connectivity index (χ3n) is 6.75. The molecule has 5 heteroatoms. The molecule has 0 saturated carbocycles. The van der Waals surface area contributed by atoms with Gasteiger partial charge < -0.3 is 18.6 Å². The molecule has 2 aromatic rings. The van der Waals surface area contributed by atoms with Gasteiger partial charge in [-0.2, -0.15) is 0 Å². The molecule has 0 radical (unpaired) electrons. The van der Waals surface area contributed by atoms with Gasteiger partial charge in [0.25, 0.3) is 0 Å². The smallest absolute Gasteiger partial charge is 0.383 e. The molecule has 0 atom stereocenters. The molecule has 0 bridgehead atoms. The molecule has 0 N–H and O–H groups in total. The van der Waals surface area contributed by atoms with Gasteiger partial charge in [0.15, 0.2) is 17.1 Å². The second-order valence-electron chi connectivity index (χ2n) is 10.7. The Morgan fingerprint density at radius 3 is 2.25 bits per heavy atom. The van der Waals surface area contributed by atoms with Crippen LogP contribution in [-0.2, 0) is 0 Å². The minimum atomic E-state index is -0.539. The van der Waals surface area contributed by atoms with E-state index in [1.54, 1.807) is 0 Å². The fourth-order valence-electron chi connectivity index (χ4n) is 4.42. The lowest BCUT2D eigenvalue weighted by Gasteiger charge is -2.15. The second kappa shape index (κ2) is 20.0. The Balaban J connectivity index is 2.15. The molecule has 0 fully saturated rings. The highest BCUT2D eigenvalue weighted by Gasteiger charge is 2.20. The minimum absolute atomic E-state index is 0.143. The Hall–Kier alpha value is -2.95. The second-order valence-corrected chi connectivity index (χ2v) is 10.7. The fraction of sp³-hybridized carbons (Fsp3) is 0.571. The molecule has 0 aliphatic heterocycles. The Bertz CT molecular complexity index is 1130. The first-order valence-corrected chi connectivity index (χ1v) is 15.4. The highest BCUT2D eigenvalue weighted by Crippen LogP contribution is 2.37. The first-order chi connectivity index (χ1) is 19.5. The quantitative estimate of drug-likeness (QED) is 0.0876. The molecular formula is C35H52O5. The van der Waals surface area contributed by atoms with E-state index in [1.165, 1.54) is 49.7 Å². The lowest BCUT2D eigenvalue weighted by Crippen LogP contribution is -2.12. The van der Waals surface area contributed by atoms with Gasteiger partial charge in [0.1, 0.15) is 6.61 Å². The summed E-state index contributed by atoms with van der Waals surface area (Å²) in [5, 5.41) is 0.694. The van der Waals surface area contributed by atoms with Gasteiger partial charge in [0.2, 0.25) is 5.75 Å². The van der Waals surface area contributed by atoms with Gasteiger partial charge in [-0.1, -0.05) is 94.2 Å². The number of benzene rings is 1. The standard InChI is InChI=1S/C35H52O5/c1-6-8-10-12-13-14-15-17-25-38-33-30-22-19-23-31(37-27-24-29(5)21-18-20-28(3)4)32(30)40-35(36)34(33)39-26-16-11-9-7-2/h9,11,19-20,22-24H,6-8,10,12-18,21,25-27H2,1-5H3. The third-order valence-corrected chi connectivity index (χ3v) is 6.75. The zero-order valence-corrected chi connectivity index (χ0v) is 25.7. The summed E-state index contributed by atoms with van der Waals surface area (Å²) in [4.78, 5) is 13.1. The first kappa shape index (κ1) is 33.3. The van der Waals surface area contributed by atoms with Crippen molar-refractivity contribution in [1.29, 1.82) is 0 Å². The van der Waals surface area contributed by atoms with Crippen LogP contribution in [0.15, 0.2) is 62.9 Å². The summed E-state index contributed by atoms with van der Waals surface area (Å²) in [6, 6.07) is 5.63. The Labute approximate surface area is 242 Å². The van der Waals surface area contributed by atoms with Crippen LogP contribution in [0.3, 0.4) is 0 Å². The van der Waals surface area contributed by atoms with Gasteiger partial charge in [-0.05, 0) is 71.1 Å². The average Bonchev–Trinajstić information content (AvgIpc) is 2.93. The molecule has 40 heavy (non-hydrogen) atoms. The predicted molar refractivity (Wildman–Crippen MR) is 168 cm³/mol. The summed E-state index contributed by atoms with van der Waals surface area (Å²) in [5.41, 5.74) is 2.45. The van der Waals surface area contributed by atoms with E-state index >= 15 is 0 Å². The van der Waals surface area contributed by atoms with Crippen molar-refractivity contribution in [3.8, 4) is 17.2 Å². The number of hydrogen-bond acceptors (Lipinski definition) is 5. The molecule has 5 nitrogen and oxygen atoms in total. The van der Waals surface area contributed by atoms with Crippen LogP contribution >= 0.6 is 0 Å². The van der Waals surface area contributed by atoms with Gasteiger partial charge >= 0.3 is 5.63 Å². The van der Waals surface area contributed by atoms with Crippen molar-refractivity contribution in [3.63, 3.8) is 0 Å². The molecule has 2 rings (SSSR count). The van der Waals surface area contributed by atoms with Crippen molar-refractivity contribution in [2.24, 2.45) is 0 Å². The molecule has 222 valence electrons. The van der Waals surface area contributed by atoms with Crippen LogP contribution < -0.4 is 19.8 Å². The number of hydrogen-bond donors (Lipinski definition) is 0. The predicted octanol–water partition coefficient (Wildman–Crippen LogP) is 10.1. The largest absolute Gasteiger partial charge is 0.489 e. The van der Waals surface area contributed by atoms with Crippen molar-refractivity contribution in [2.75, 3.05) is 19.8 Å². The summed E-state index contributed by atoms with van der Waals surface area (Å²) in [6.07, 6.45) is 21.9. The normalized spacial score (nSPS) is 11.8. The SMILES string of the molecule is CCC=CCCOc1c(OCCCCCCCCCC)c2cccc(OCC=C(C)CCC=C(C)C)c2oc1=O. The maximum Gasteiger partial charge on any atom is 0.383 e. The van der Waals surface area contributed by atoms with Gasteiger partial charge in [0, 0.05) is 0 Å². The zero-order valence-electron chi connectivity index (χ0n) is 25.7. The van der Waals surface area contributed by atoms with Crippen LogP contribution in [0.4, 0.5) is 0 Å². The third kappa shape index (κ3) is 12.5. The average molecular weight is 553 g/mol. The van der Waals surface area contributed by atoms with Crippen LogP contribution in [0.2, 0.25) is 0 Å². The molecule has 0 aliphatic rings. The fourth-order valence-corrected chi connectivity index (χ4v) is 4.42. The van der Waals surface area contributed by atoms with Crippen molar-refractivity contribution >= 4 is 11.0 Å². The molecule has 0 amide bonds. The van der Waals surface area contributed by atoms with E-state index in [4.69, 9.17) is 18.6 Å². The van der Waals surface area contributed by atoms with E-state index in [0.29, 0.717) is 48.7 Å². The van der Waals surface area contributed by atoms with E-state index in [-0.39, 0.29) is 5.75 Å². The summed E-state index contributed by atoms with van der Waals surface area (Å²) in [6.45, 7) is 12.0. The number of para-hydroxylation sites is 1. The Morgan fingerprint density at radius 2 is 1.52 bits per heavy atom. The molecule has 1 aromatic carbocycles. The van der Waals surface area contributed by atoms with Crippen LogP contribution in [0, 0.1) is 0 Å². The maximum absolute atomic E-state index is 13.1. The lowest BCUT2D eigenvalue weighted by molar-refractivity contribution is 0.257. The first-order valence-electron chi connectivity index (χ1n) is 15.4. The topological polar surface area (TPSA) is 57.9 Å². The van der Waals surface area contributed by atoms with E-state index in [0.717, 1.165) is 32.1 Å². The zero-order chi connectivity index (χ0) is 29.0. The summed E-state index contributed by atoms with van der Waals surface area (Å²) >= 11 is 0. The summed E-state index contributed by atoms with van der Waals surface area (Å²) in [7, 11) is 0. The van der Waals surface area contributed by atoms with Crippen LogP contribution in [-0.4, -0.2) is 19.8 Å². The van der Waals surface area contributed by atoms with E-state index in [1.807, 2.05) is 18.2 Å². The van der Waals surface area contributed by atoms with Crippen molar-refractivity contribution in [3.05, 3.63) is 64.1 Å². The van der Waals surface area contributed by atoms with Gasteiger partial charge in [-0.3, -0.25) is 0 Å². The molecule has 0 aliphatic carbocycles. The van der Waals surface area contributed by atoms with Crippen LogP contribution in [0.25, 0.3) is 11.0 Å². The summed E-state index contributed by atoms with van der Waals surface area (Å²) in [5.74, 6) is 1.12. The van der Waals surface area contributed by atoms with Gasteiger partial charge in [0.05, 0.1) is 18.6 Å². The van der Waals surface area contributed by atoms with Crippen molar-refractivity contribution < 1.29 is 18.6 Å². The van der Waals surface area contributed by atoms with E-state index in [2.05, 4.69) is 58.9 Å². The van der Waals surface area contributed by atoms with E-state index < -0.39 is 5.63 Å². The van der Waals surface area contributed by atoms with Gasteiger partial charge in [-0.15, -0.1) is 0 Å². The molecule has 0 saturated heterocycles. The van der Waals surface area contributed by atoms with Gasteiger partial charge in [-0.25, -0.2) is 4.79 Å². The minimum Gasteiger partial charge on any atom is -0.489 e. The summed E-state index contributed by atoms with van der Waals surface area (Å²) < 4.78 is 24.0. The number of unbranched alkanes of at least 4 members (excludes halogenated alkanes) is 7. The number of allylic oxidation sites excluding steroid dienone is 4. The number of fused-ring (bicyclic) bond motifs is 1. The molecule has 1 heterocycles. The molecular weight excluding hydrogens is 500 g/mol. The maximum atomic E-state index is 13.1. The van der Waals surface area contributed by atoms with Crippen LogP contribution in [0.1, 0.15) is 112 Å². The highest BCUT2D eigenvalue weighted by molar-refractivity contribution is 5.89. The monoisotopic (exact) mass is 552 g/mol. The highest BCUT2D eigenvalue weighted by atomic mass is 16.5. The number of rotatable bonds is 21.